The number of fused-ring (bicyclic) bond motifs is 1. The number of aromatic nitrogens is 4. The van der Waals surface area contributed by atoms with Crippen molar-refractivity contribution in [3.8, 4) is 5.75 Å². The van der Waals surface area contributed by atoms with Crippen molar-refractivity contribution in [3.05, 3.63) is 103 Å². The third kappa shape index (κ3) is 8.58. The summed E-state index contributed by atoms with van der Waals surface area (Å²) in [6.45, 7) is 12.4. The number of carbonyl (C=O) groups is 1. The van der Waals surface area contributed by atoms with Crippen LogP contribution < -0.4 is 24.8 Å². The standard InChI is InChI=1S/C38H43N9O4.C2H6/c1-3-28(2)43-37(48)46(27-39)32-11-9-30(10-12-32)44-20-22-45(23-21-44)31-13-15-33(16-14-31)49-24-34-25-50-38(51-34,26-47-41-18-19-42-47)35-8-4-6-29-7-5-17-40-36(29)35;1-2/h4-19,27-28,34,39H,3,20-26H2,1-2H3,(H,43,48);1-2H3. The molecule has 13 heteroatoms. The highest BCUT2D eigenvalue weighted by molar-refractivity contribution is 6.06. The van der Waals surface area contributed by atoms with Gasteiger partial charge < -0.3 is 29.3 Å². The van der Waals surface area contributed by atoms with Gasteiger partial charge in [-0.25, -0.2) is 4.79 Å². The van der Waals surface area contributed by atoms with E-state index in [1.165, 1.54) is 4.90 Å². The van der Waals surface area contributed by atoms with Gasteiger partial charge >= 0.3 is 6.03 Å². The summed E-state index contributed by atoms with van der Waals surface area (Å²) in [6, 6.07) is 25.7. The molecular weight excluding hydrogens is 670 g/mol. The van der Waals surface area contributed by atoms with E-state index in [4.69, 9.17) is 19.6 Å². The minimum Gasteiger partial charge on any atom is -0.491 e. The van der Waals surface area contributed by atoms with Gasteiger partial charge in [0.25, 0.3) is 0 Å². The van der Waals surface area contributed by atoms with Crippen molar-refractivity contribution in [1.82, 2.24) is 25.3 Å². The summed E-state index contributed by atoms with van der Waals surface area (Å²) in [4.78, 5) is 24.9. The Hall–Kier alpha value is -5.53. The predicted octanol–water partition coefficient (Wildman–Crippen LogP) is 6.45. The van der Waals surface area contributed by atoms with Crippen molar-refractivity contribution >= 4 is 40.3 Å². The van der Waals surface area contributed by atoms with Crippen molar-refractivity contribution in [2.75, 3.05) is 54.1 Å². The van der Waals surface area contributed by atoms with Crippen molar-refractivity contribution < 1.29 is 19.0 Å². The lowest BCUT2D eigenvalue weighted by molar-refractivity contribution is -0.191. The molecule has 2 N–H and O–H groups in total. The Balaban J connectivity index is 0.00000236. The number of pyridine rings is 1. The molecule has 13 nitrogen and oxygen atoms in total. The number of amides is 2. The van der Waals surface area contributed by atoms with Crippen molar-refractivity contribution in [3.63, 3.8) is 0 Å². The maximum atomic E-state index is 12.6. The zero-order chi connectivity index (χ0) is 37.2. The number of nitrogens with one attached hydrogen (secondary N) is 2. The fraction of sp³-hybridized carbons (Fsp3) is 0.375. The second-order valence-electron chi connectivity index (χ2n) is 12.8. The molecule has 0 aliphatic carbocycles. The first-order chi connectivity index (χ1) is 25.9. The average Bonchev–Trinajstić information content (AvgIpc) is 3.89. The number of anilines is 3. The van der Waals surface area contributed by atoms with Crippen molar-refractivity contribution in [2.24, 2.45) is 0 Å². The average molecular weight is 720 g/mol. The van der Waals surface area contributed by atoms with Crippen molar-refractivity contribution in [1.29, 1.82) is 5.41 Å². The van der Waals surface area contributed by atoms with Crippen LogP contribution in [0.2, 0.25) is 0 Å². The first kappa shape index (κ1) is 37.2. The van der Waals surface area contributed by atoms with Crippen LogP contribution in [0, 0.1) is 5.41 Å². The highest BCUT2D eigenvalue weighted by Gasteiger charge is 2.46. The fourth-order valence-electron chi connectivity index (χ4n) is 6.50. The lowest BCUT2D eigenvalue weighted by Crippen LogP contribution is -2.46. The Morgan fingerprint density at radius 2 is 1.60 bits per heavy atom. The molecule has 0 radical (unpaired) electrons. The van der Waals surface area contributed by atoms with Crippen molar-refractivity contribution in [2.45, 2.75) is 58.6 Å². The van der Waals surface area contributed by atoms with E-state index in [-0.39, 0.29) is 24.7 Å². The highest BCUT2D eigenvalue weighted by atomic mass is 16.8. The summed E-state index contributed by atoms with van der Waals surface area (Å²) in [7, 11) is 0. The van der Waals surface area contributed by atoms with Crippen LogP contribution in [-0.2, 0) is 21.8 Å². The molecule has 7 rings (SSSR count). The molecule has 2 aliphatic rings. The summed E-state index contributed by atoms with van der Waals surface area (Å²) < 4.78 is 19.2. The van der Waals surface area contributed by atoms with E-state index >= 15 is 0 Å². The molecule has 2 aromatic heterocycles. The van der Waals surface area contributed by atoms with Crippen LogP contribution in [0.25, 0.3) is 10.9 Å². The summed E-state index contributed by atoms with van der Waals surface area (Å²) in [5.74, 6) is -0.352. The van der Waals surface area contributed by atoms with E-state index in [0.29, 0.717) is 18.9 Å². The predicted molar refractivity (Wildman–Crippen MR) is 208 cm³/mol. The van der Waals surface area contributed by atoms with E-state index in [1.54, 1.807) is 23.4 Å². The fourth-order valence-corrected chi connectivity index (χ4v) is 6.50. The number of hydrogen-bond acceptors (Lipinski definition) is 10. The molecule has 2 fully saturated rings. The molecule has 0 bridgehead atoms. The van der Waals surface area contributed by atoms with Gasteiger partial charge in [-0.2, -0.15) is 15.0 Å². The van der Waals surface area contributed by atoms with Gasteiger partial charge in [0.05, 0.1) is 36.5 Å². The quantitative estimate of drug-likeness (QED) is 0.110. The number of urea groups is 1. The number of ether oxygens (including phenoxy) is 3. The van der Waals surface area contributed by atoms with Crippen LogP contribution in [-0.4, -0.2) is 83.9 Å². The minimum atomic E-state index is -1.11. The molecule has 2 saturated heterocycles. The van der Waals surface area contributed by atoms with Gasteiger partial charge in [-0.1, -0.05) is 45.0 Å². The Morgan fingerprint density at radius 3 is 2.25 bits per heavy atom. The number of carbonyl (C=O) groups excluding carboxylic acids is 1. The maximum absolute atomic E-state index is 12.6. The van der Waals surface area contributed by atoms with Gasteiger partial charge in [0.1, 0.15) is 25.0 Å². The zero-order valence-corrected chi connectivity index (χ0v) is 30.9. The lowest BCUT2D eigenvalue weighted by atomic mass is 10.0. The van der Waals surface area contributed by atoms with E-state index in [9.17, 15) is 4.79 Å². The molecular formula is C40H49N9O4. The number of rotatable bonds is 12. The molecule has 0 saturated carbocycles. The summed E-state index contributed by atoms with van der Waals surface area (Å²) in [5.41, 5.74) is 4.54. The first-order valence-corrected chi connectivity index (χ1v) is 18.4. The van der Waals surface area contributed by atoms with E-state index in [1.807, 2.05) is 94.4 Å². The van der Waals surface area contributed by atoms with Gasteiger partial charge in [-0.3, -0.25) is 15.3 Å². The van der Waals surface area contributed by atoms with Gasteiger partial charge in [0.2, 0.25) is 5.79 Å². The topological polar surface area (TPSA) is 134 Å². The third-order valence-electron chi connectivity index (χ3n) is 9.46. The number of piperazine rings is 1. The monoisotopic (exact) mass is 719 g/mol. The van der Waals surface area contributed by atoms with Crippen LogP contribution in [0.5, 0.6) is 5.75 Å². The molecule has 2 aliphatic heterocycles. The largest absolute Gasteiger partial charge is 0.491 e. The molecule has 278 valence electrons. The zero-order valence-electron chi connectivity index (χ0n) is 30.9. The number of hydrogen-bond donors (Lipinski definition) is 2. The molecule has 5 aromatic rings. The normalized spacial score (nSPS) is 18.9. The third-order valence-corrected chi connectivity index (χ3v) is 9.46. The molecule has 2 amide bonds. The van der Waals surface area contributed by atoms with Crippen LogP contribution in [0.4, 0.5) is 21.9 Å². The Kier molecular flexibility index (Phi) is 12.2. The molecule has 3 unspecified atom stereocenters. The number of para-hydroxylation sites is 1. The van der Waals surface area contributed by atoms with E-state index < -0.39 is 5.79 Å². The Labute approximate surface area is 311 Å². The van der Waals surface area contributed by atoms with Crippen LogP contribution in [0.1, 0.15) is 39.7 Å². The molecule has 3 aromatic carbocycles. The lowest BCUT2D eigenvalue weighted by Gasteiger charge is -2.37. The maximum Gasteiger partial charge on any atom is 0.327 e. The van der Waals surface area contributed by atoms with E-state index in [0.717, 1.165) is 72.5 Å². The summed E-state index contributed by atoms with van der Waals surface area (Å²) in [6.07, 6.45) is 6.62. The van der Waals surface area contributed by atoms with Gasteiger partial charge in [0, 0.05) is 60.7 Å². The van der Waals surface area contributed by atoms with Crippen LogP contribution >= 0.6 is 0 Å². The second kappa shape index (κ2) is 17.3. The highest BCUT2D eigenvalue weighted by Crippen LogP contribution is 2.39. The van der Waals surface area contributed by atoms with Crippen LogP contribution in [0.15, 0.2) is 97.5 Å². The van der Waals surface area contributed by atoms with Crippen LogP contribution in [0.3, 0.4) is 0 Å². The molecule has 4 heterocycles. The molecule has 0 spiro atoms. The smallest absolute Gasteiger partial charge is 0.327 e. The van der Waals surface area contributed by atoms with E-state index in [2.05, 4.69) is 42.4 Å². The first-order valence-electron chi connectivity index (χ1n) is 18.4. The van der Waals surface area contributed by atoms with Gasteiger partial charge in [0.15, 0.2) is 0 Å². The summed E-state index contributed by atoms with van der Waals surface area (Å²) >= 11 is 0. The second-order valence-corrected chi connectivity index (χ2v) is 12.8. The van der Waals surface area contributed by atoms with Gasteiger partial charge in [-0.05, 0) is 67.9 Å². The summed E-state index contributed by atoms with van der Waals surface area (Å²) in [5, 5.41) is 20.3. The number of benzene rings is 3. The molecule has 53 heavy (non-hydrogen) atoms. The Morgan fingerprint density at radius 1 is 0.962 bits per heavy atom. The van der Waals surface area contributed by atoms with Gasteiger partial charge in [-0.15, -0.1) is 0 Å². The molecule has 3 atom stereocenters. The number of nitrogens with zero attached hydrogens (tertiary/aromatic N) is 7. The SMILES string of the molecule is CC.CCC(C)NC(=O)N(C=N)c1ccc(N2CCN(c3ccc(OCC4COC(Cn5nccn5)(c5cccc6cccnc56)O4)cc3)CC2)cc1. The Bertz CT molecular complexity index is 1910. The minimum absolute atomic E-state index is 0.0406.